The lowest BCUT2D eigenvalue weighted by Crippen LogP contribution is -2.33. The Bertz CT molecular complexity index is 1630. The van der Waals surface area contributed by atoms with Crippen molar-refractivity contribution in [3.05, 3.63) is 125 Å². The molecule has 1 amide bonds. The number of hydrogen-bond acceptors (Lipinski definition) is 6. The summed E-state index contributed by atoms with van der Waals surface area (Å²) < 4.78 is 10.9. The summed E-state index contributed by atoms with van der Waals surface area (Å²) in [7, 11) is 0. The number of thioether (sulfide) groups is 1. The maximum atomic E-state index is 11.9. The molecule has 5 rings (SSSR count). The molecule has 7 nitrogen and oxygen atoms in total. The van der Waals surface area contributed by atoms with Crippen molar-refractivity contribution in [3.63, 3.8) is 0 Å². The normalized spacial score (nSPS) is 18.4. The van der Waals surface area contributed by atoms with Gasteiger partial charge in [-0.05, 0) is 46.0 Å². The number of halogens is 3. The lowest BCUT2D eigenvalue weighted by Gasteiger charge is -2.36. The summed E-state index contributed by atoms with van der Waals surface area (Å²) in [4.78, 5) is 24.3. The Morgan fingerprint density at radius 3 is 2.24 bits per heavy atom. The molecule has 11 heteroatoms. The second kappa shape index (κ2) is 15.0. The van der Waals surface area contributed by atoms with E-state index < -0.39 is 22.0 Å². The summed E-state index contributed by atoms with van der Waals surface area (Å²) in [6.45, 7) is 0.165. The summed E-state index contributed by atoms with van der Waals surface area (Å²) in [6.07, 6.45) is -0.566. The number of aliphatic hydroxyl groups excluding tert-OH is 1. The van der Waals surface area contributed by atoms with Crippen LogP contribution in [0, 0.1) is 0 Å². The molecular formula is C34H30Cl3NO6S. The fourth-order valence-electron chi connectivity index (χ4n) is 4.95. The molecule has 1 aliphatic rings. The van der Waals surface area contributed by atoms with Crippen LogP contribution in [0.5, 0.6) is 0 Å². The van der Waals surface area contributed by atoms with Gasteiger partial charge in [-0.2, -0.15) is 0 Å². The number of benzene rings is 4. The van der Waals surface area contributed by atoms with Crippen LogP contribution < -0.4 is 5.32 Å². The molecule has 0 saturated carbocycles. The average Bonchev–Trinajstić information content (AvgIpc) is 3.06. The molecule has 1 heterocycles. The number of carbonyl (C=O) groups is 2. The number of amides is 1. The molecule has 0 bridgehead atoms. The minimum atomic E-state index is -2.03. The van der Waals surface area contributed by atoms with Crippen molar-refractivity contribution in [2.75, 3.05) is 5.75 Å². The quantitative estimate of drug-likeness (QED) is 0.115. The van der Waals surface area contributed by atoms with Gasteiger partial charge in [-0.1, -0.05) is 114 Å². The SMILES string of the molecule is O=C(O)c1ccccc1SC[C@@H]1C[C@H](c2ccc(CO)cc2)O[C@H](c2ccc(-c3cccc(CNC(=O)C(Cl)(Cl)Cl)c3)cc2)O1. The fraction of sp³-hybridized carbons (Fsp3) is 0.235. The Kier molecular flexibility index (Phi) is 11.1. The number of hydrogen-bond donors (Lipinski definition) is 3. The number of carboxylic acid groups (broad SMARTS) is 1. The van der Waals surface area contributed by atoms with Gasteiger partial charge in [-0.3, -0.25) is 4.79 Å². The second-order valence-electron chi connectivity index (χ2n) is 10.5. The van der Waals surface area contributed by atoms with Crippen LogP contribution in [0.25, 0.3) is 11.1 Å². The van der Waals surface area contributed by atoms with Crippen molar-refractivity contribution in [1.82, 2.24) is 5.32 Å². The van der Waals surface area contributed by atoms with Crippen molar-refractivity contribution < 1.29 is 29.3 Å². The van der Waals surface area contributed by atoms with E-state index in [4.69, 9.17) is 44.3 Å². The van der Waals surface area contributed by atoms with E-state index in [-0.39, 0.29) is 30.9 Å². The van der Waals surface area contributed by atoms with E-state index in [0.717, 1.165) is 33.4 Å². The highest BCUT2D eigenvalue weighted by molar-refractivity contribution is 7.99. The van der Waals surface area contributed by atoms with Gasteiger partial charge in [0.25, 0.3) is 9.70 Å². The summed E-state index contributed by atoms with van der Waals surface area (Å²) in [5.41, 5.74) is 5.62. The van der Waals surface area contributed by atoms with Crippen molar-refractivity contribution in [2.24, 2.45) is 0 Å². The van der Waals surface area contributed by atoms with E-state index in [9.17, 15) is 19.8 Å². The summed E-state index contributed by atoms with van der Waals surface area (Å²) in [5.74, 6) is -1.13. The molecular weight excluding hydrogens is 657 g/mol. The largest absolute Gasteiger partial charge is 0.478 e. The molecule has 1 fully saturated rings. The van der Waals surface area contributed by atoms with E-state index in [1.807, 2.05) is 78.9 Å². The van der Waals surface area contributed by atoms with Gasteiger partial charge >= 0.3 is 5.97 Å². The van der Waals surface area contributed by atoms with Gasteiger partial charge in [-0.15, -0.1) is 11.8 Å². The van der Waals surface area contributed by atoms with Gasteiger partial charge in [0.1, 0.15) is 0 Å². The Labute approximate surface area is 280 Å². The maximum Gasteiger partial charge on any atom is 0.336 e. The molecule has 3 N–H and O–H groups in total. The van der Waals surface area contributed by atoms with Crippen molar-refractivity contribution in [2.45, 2.75) is 46.8 Å². The molecule has 1 saturated heterocycles. The smallest absolute Gasteiger partial charge is 0.336 e. The van der Waals surface area contributed by atoms with Gasteiger partial charge in [0.2, 0.25) is 0 Å². The predicted molar refractivity (Wildman–Crippen MR) is 177 cm³/mol. The Hall–Kier alpha value is -3.08. The number of rotatable bonds is 10. The molecule has 1 aliphatic heterocycles. The fourth-order valence-corrected chi connectivity index (χ4v) is 6.22. The lowest BCUT2D eigenvalue weighted by atomic mass is 9.99. The third-order valence-corrected chi connectivity index (χ3v) is 9.03. The number of aromatic carboxylic acids is 1. The van der Waals surface area contributed by atoms with Gasteiger partial charge in [0, 0.05) is 29.2 Å². The van der Waals surface area contributed by atoms with Crippen LogP contribution in [-0.4, -0.2) is 37.7 Å². The molecule has 4 aromatic rings. The predicted octanol–water partition coefficient (Wildman–Crippen LogP) is 7.87. The average molecular weight is 687 g/mol. The number of alkyl halides is 3. The first-order valence-electron chi connectivity index (χ1n) is 14.1. The molecule has 0 unspecified atom stereocenters. The Balaban J connectivity index is 1.33. The molecule has 3 atom stereocenters. The molecule has 0 aromatic heterocycles. The maximum absolute atomic E-state index is 11.9. The van der Waals surface area contributed by atoms with E-state index in [1.165, 1.54) is 11.8 Å². The van der Waals surface area contributed by atoms with E-state index >= 15 is 0 Å². The number of carboxylic acids is 1. The topological polar surface area (TPSA) is 105 Å². The van der Waals surface area contributed by atoms with Crippen molar-refractivity contribution in [1.29, 1.82) is 0 Å². The van der Waals surface area contributed by atoms with Gasteiger partial charge < -0.3 is 25.0 Å². The van der Waals surface area contributed by atoms with Gasteiger partial charge in [0.15, 0.2) is 6.29 Å². The molecule has 0 radical (unpaired) electrons. The standard InChI is InChI=1S/C34H30Cl3NO6S/c35-34(36,37)33(42)38-18-22-4-3-5-26(16-22)23-12-14-25(15-13-23)32-43-27(20-45-30-7-2-1-6-28(30)31(40)41)17-29(44-32)24-10-8-21(19-39)9-11-24/h1-16,27,29,32,39H,17-20H2,(H,38,42)(H,40,41)/t27-,29+,32+/m0/s1. The first-order valence-corrected chi connectivity index (χ1v) is 16.2. The molecule has 45 heavy (non-hydrogen) atoms. The van der Waals surface area contributed by atoms with Crippen LogP contribution in [0.1, 0.15) is 51.4 Å². The monoisotopic (exact) mass is 685 g/mol. The first-order chi connectivity index (χ1) is 21.6. The van der Waals surface area contributed by atoms with Crippen molar-refractivity contribution in [3.8, 4) is 11.1 Å². The number of ether oxygens (including phenoxy) is 2. The first kappa shape index (κ1) is 33.3. The molecule has 0 aliphatic carbocycles. The van der Waals surface area contributed by atoms with Crippen LogP contribution in [-0.2, 0) is 27.4 Å². The highest BCUT2D eigenvalue weighted by Gasteiger charge is 2.33. The summed E-state index contributed by atoms with van der Waals surface area (Å²) in [5, 5.41) is 21.7. The number of nitrogens with one attached hydrogen (secondary N) is 1. The van der Waals surface area contributed by atoms with Crippen LogP contribution >= 0.6 is 46.6 Å². The summed E-state index contributed by atoms with van der Waals surface area (Å²) >= 11 is 18.4. The van der Waals surface area contributed by atoms with Crippen LogP contribution in [0.3, 0.4) is 0 Å². The second-order valence-corrected chi connectivity index (χ2v) is 13.8. The number of carbonyl (C=O) groups excluding carboxylic acids is 1. The third-order valence-electron chi connectivity index (χ3n) is 7.31. The van der Waals surface area contributed by atoms with E-state index in [2.05, 4.69) is 5.32 Å². The molecule has 0 spiro atoms. The molecule has 234 valence electrons. The summed E-state index contributed by atoms with van der Waals surface area (Å²) in [6, 6.07) is 30.2. The van der Waals surface area contributed by atoms with Gasteiger partial charge in [-0.25, -0.2) is 4.79 Å². The zero-order valence-corrected chi connectivity index (χ0v) is 27.0. The Morgan fingerprint density at radius 2 is 1.56 bits per heavy atom. The zero-order chi connectivity index (χ0) is 32.0. The van der Waals surface area contributed by atoms with E-state index in [0.29, 0.717) is 17.1 Å². The Morgan fingerprint density at radius 1 is 0.844 bits per heavy atom. The highest BCUT2D eigenvalue weighted by atomic mass is 35.6. The lowest BCUT2D eigenvalue weighted by molar-refractivity contribution is -0.245. The zero-order valence-electron chi connectivity index (χ0n) is 23.9. The van der Waals surface area contributed by atoms with Crippen LogP contribution in [0.15, 0.2) is 102 Å². The highest BCUT2D eigenvalue weighted by Crippen LogP contribution is 2.40. The number of aliphatic hydroxyl groups is 1. The van der Waals surface area contributed by atoms with Crippen LogP contribution in [0.2, 0.25) is 0 Å². The van der Waals surface area contributed by atoms with Gasteiger partial charge in [0.05, 0.1) is 24.4 Å². The third kappa shape index (κ3) is 8.80. The van der Waals surface area contributed by atoms with E-state index in [1.54, 1.807) is 18.2 Å². The van der Waals surface area contributed by atoms with Crippen molar-refractivity contribution >= 4 is 58.4 Å². The van der Waals surface area contributed by atoms with Crippen LogP contribution in [0.4, 0.5) is 0 Å². The molecule has 4 aromatic carbocycles. The minimum Gasteiger partial charge on any atom is -0.478 e. The minimum absolute atomic E-state index is 0.0430.